The summed E-state index contributed by atoms with van der Waals surface area (Å²) in [6.07, 6.45) is 1.57. The number of nitrogens with one attached hydrogen (secondary N) is 1. The van der Waals surface area contributed by atoms with Crippen molar-refractivity contribution in [1.29, 1.82) is 0 Å². The van der Waals surface area contributed by atoms with Crippen molar-refractivity contribution in [3.8, 4) is 11.5 Å². The molecular formula is C18H20N2O3. The highest BCUT2D eigenvalue weighted by molar-refractivity contribution is 5.95. The number of rotatable bonds is 7. The lowest BCUT2D eigenvalue weighted by Crippen LogP contribution is -2.17. The van der Waals surface area contributed by atoms with Gasteiger partial charge in [-0.05, 0) is 50.2 Å². The Morgan fingerprint density at radius 3 is 2.43 bits per heavy atom. The lowest BCUT2D eigenvalue weighted by Gasteiger charge is -2.06. The molecule has 0 heterocycles. The first-order valence-corrected chi connectivity index (χ1v) is 7.52. The predicted octanol–water partition coefficient (Wildman–Crippen LogP) is 3.25. The minimum Gasteiger partial charge on any atom is -0.494 e. The van der Waals surface area contributed by atoms with Gasteiger partial charge in [0.05, 0.1) is 19.4 Å². The number of ether oxygens (including phenoxy) is 2. The van der Waals surface area contributed by atoms with Crippen LogP contribution in [0, 0.1) is 0 Å². The van der Waals surface area contributed by atoms with E-state index in [4.69, 9.17) is 9.47 Å². The lowest BCUT2D eigenvalue weighted by molar-refractivity contribution is 0.0955. The molecule has 2 aromatic carbocycles. The fraction of sp³-hybridized carbons (Fsp3) is 0.222. The Morgan fingerprint density at radius 1 is 1.04 bits per heavy atom. The van der Waals surface area contributed by atoms with Crippen molar-refractivity contribution in [2.24, 2.45) is 5.10 Å². The summed E-state index contributed by atoms with van der Waals surface area (Å²) in [5.74, 6) is 1.19. The van der Waals surface area contributed by atoms with E-state index >= 15 is 0 Å². The van der Waals surface area contributed by atoms with Gasteiger partial charge in [0.15, 0.2) is 0 Å². The molecule has 5 heteroatoms. The minimum absolute atomic E-state index is 0.279. The number of carbonyl (C=O) groups is 1. The Hall–Kier alpha value is -2.82. The van der Waals surface area contributed by atoms with E-state index in [1.165, 1.54) is 0 Å². The number of benzene rings is 2. The van der Waals surface area contributed by atoms with Crippen LogP contribution in [0.3, 0.4) is 0 Å². The molecule has 0 unspecified atom stereocenters. The maximum Gasteiger partial charge on any atom is 0.271 e. The van der Waals surface area contributed by atoms with Crippen LogP contribution in [-0.2, 0) is 0 Å². The van der Waals surface area contributed by atoms with Gasteiger partial charge in [0, 0.05) is 11.1 Å². The Kier molecular flexibility index (Phi) is 6.17. The molecule has 120 valence electrons. The van der Waals surface area contributed by atoms with Crippen molar-refractivity contribution in [3.63, 3.8) is 0 Å². The van der Waals surface area contributed by atoms with E-state index in [0.717, 1.165) is 17.1 Å². The summed E-state index contributed by atoms with van der Waals surface area (Å²) in [7, 11) is 0. The molecule has 0 atom stereocenters. The molecule has 0 radical (unpaired) electrons. The van der Waals surface area contributed by atoms with Crippen LogP contribution >= 0.6 is 0 Å². The molecule has 0 aliphatic rings. The van der Waals surface area contributed by atoms with Crippen LogP contribution in [0.4, 0.5) is 0 Å². The maximum absolute atomic E-state index is 12.0. The van der Waals surface area contributed by atoms with Crippen molar-refractivity contribution in [3.05, 3.63) is 59.7 Å². The molecule has 0 bridgehead atoms. The average Bonchev–Trinajstić information content (AvgIpc) is 2.57. The van der Waals surface area contributed by atoms with Crippen molar-refractivity contribution in [1.82, 2.24) is 5.43 Å². The van der Waals surface area contributed by atoms with Crippen LogP contribution in [-0.4, -0.2) is 25.3 Å². The monoisotopic (exact) mass is 312 g/mol. The summed E-state index contributed by atoms with van der Waals surface area (Å²) in [6.45, 7) is 5.00. The standard InChI is InChI=1S/C18H20N2O3/c1-3-22-16-11-9-14(10-12-16)18(21)20-19-13-15-7-5-6-8-17(15)23-4-2/h5-13H,3-4H2,1-2H3,(H,20,21)/b19-13-. The third-order valence-corrected chi connectivity index (χ3v) is 3.02. The number of nitrogens with zero attached hydrogens (tertiary/aromatic N) is 1. The highest BCUT2D eigenvalue weighted by Crippen LogP contribution is 2.15. The molecular weight excluding hydrogens is 292 g/mol. The largest absolute Gasteiger partial charge is 0.494 e. The number of para-hydroxylation sites is 1. The summed E-state index contributed by atoms with van der Waals surface area (Å²) in [4.78, 5) is 12.0. The Labute approximate surface area is 135 Å². The van der Waals surface area contributed by atoms with Gasteiger partial charge in [0.1, 0.15) is 11.5 Å². The lowest BCUT2D eigenvalue weighted by atomic mass is 10.2. The van der Waals surface area contributed by atoms with Gasteiger partial charge in [-0.15, -0.1) is 0 Å². The fourth-order valence-electron chi connectivity index (χ4n) is 1.97. The van der Waals surface area contributed by atoms with E-state index in [0.29, 0.717) is 18.8 Å². The molecule has 5 nitrogen and oxygen atoms in total. The third kappa shape index (κ3) is 4.85. The van der Waals surface area contributed by atoms with Gasteiger partial charge in [-0.3, -0.25) is 4.79 Å². The molecule has 0 saturated heterocycles. The van der Waals surface area contributed by atoms with Gasteiger partial charge >= 0.3 is 0 Å². The second-order valence-electron chi connectivity index (χ2n) is 4.63. The molecule has 1 amide bonds. The molecule has 0 spiro atoms. The van der Waals surface area contributed by atoms with Crippen LogP contribution in [0.5, 0.6) is 11.5 Å². The van der Waals surface area contributed by atoms with Gasteiger partial charge in [-0.2, -0.15) is 5.10 Å². The van der Waals surface area contributed by atoms with Gasteiger partial charge in [0.25, 0.3) is 5.91 Å². The zero-order chi connectivity index (χ0) is 16.5. The van der Waals surface area contributed by atoms with E-state index in [-0.39, 0.29) is 5.91 Å². The van der Waals surface area contributed by atoms with Crippen LogP contribution in [0.1, 0.15) is 29.8 Å². The molecule has 23 heavy (non-hydrogen) atoms. The van der Waals surface area contributed by atoms with E-state index < -0.39 is 0 Å². The van der Waals surface area contributed by atoms with E-state index in [2.05, 4.69) is 10.5 Å². The van der Waals surface area contributed by atoms with Crippen molar-refractivity contribution < 1.29 is 14.3 Å². The Bertz CT molecular complexity index is 666. The van der Waals surface area contributed by atoms with Crippen LogP contribution in [0.15, 0.2) is 53.6 Å². The zero-order valence-electron chi connectivity index (χ0n) is 13.3. The first kappa shape index (κ1) is 16.5. The van der Waals surface area contributed by atoms with Crippen LogP contribution in [0.2, 0.25) is 0 Å². The fourth-order valence-corrected chi connectivity index (χ4v) is 1.97. The van der Waals surface area contributed by atoms with E-state index in [9.17, 15) is 4.79 Å². The molecule has 2 aromatic rings. The van der Waals surface area contributed by atoms with Gasteiger partial charge in [-0.25, -0.2) is 5.43 Å². The normalized spacial score (nSPS) is 10.5. The summed E-state index contributed by atoms with van der Waals surface area (Å²) < 4.78 is 10.8. The Balaban J connectivity index is 1.98. The van der Waals surface area contributed by atoms with Crippen molar-refractivity contribution in [2.75, 3.05) is 13.2 Å². The SMILES string of the molecule is CCOc1ccc(C(=O)N/N=C\c2ccccc2OCC)cc1. The van der Waals surface area contributed by atoms with Gasteiger partial charge in [-0.1, -0.05) is 12.1 Å². The second-order valence-corrected chi connectivity index (χ2v) is 4.63. The Morgan fingerprint density at radius 2 is 1.74 bits per heavy atom. The first-order chi connectivity index (χ1) is 11.2. The smallest absolute Gasteiger partial charge is 0.271 e. The molecule has 2 rings (SSSR count). The van der Waals surface area contributed by atoms with E-state index in [1.54, 1.807) is 30.5 Å². The number of hydrogen-bond donors (Lipinski definition) is 1. The summed E-state index contributed by atoms with van der Waals surface area (Å²) in [5, 5.41) is 3.98. The van der Waals surface area contributed by atoms with Gasteiger partial charge < -0.3 is 9.47 Å². The van der Waals surface area contributed by atoms with Crippen LogP contribution in [0.25, 0.3) is 0 Å². The molecule has 0 aromatic heterocycles. The van der Waals surface area contributed by atoms with Crippen LogP contribution < -0.4 is 14.9 Å². The number of hydrogen-bond acceptors (Lipinski definition) is 4. The minimum atomic E-state index is -0.279. The average molecular weight is 312 g/mol. The predicted molar refractivity (Wildman–Crippen MR) is 90.3 cm³/mol. The number of carbonyl (C=O) groups excluding carboxylic acids is 1. The maximum atomic E-state index is 12.0. The van der Waals surface area contributed by atoms with Crippen molar-refractivity contribution >= 4 is 12.1 Å². The molecule has 0 aliphatic carbocycles. The van der Waals surface area contributed by atoms with Gasteiger partial charge in [0.2, 0.25) is 0 Å². The first-order valence-electron chi connectivity index (χ1n) is 7.52. The highest BCUT2D eigenvalue weighted by Gasteiger charge is 2.04. The number of hydrazone groups is 1. The van der Waals surface area contributed by atoms with Crippen molar-refractivity contribution in [2.45, 2.75) is 13.8 Å². The van der Waals surface area contributed by atoms with E-state index in [1.807, 2.05) is 38.1 Å². The molecule has 0 saturated carbocycles. The second kappa shape index (κ2) is 8.58. The number of amides is 1. The molecule has 0 fully saturated rings. The highest BCUT2D eigenvalue weighted by atomic mass is 16.5. The zero-order valence-corrected chi connectivity index (χ0v) is 13.3. The molecule has 1 N–H and O–H groups in total. The topological polar surface area (TPSA) is 59.9 Å². The summed E-state index contributed by atoms with van der Waals surface area (Å²) in [6, 6.07) is 14.4. The third-order valence-electron chi connectivity index (χ3n) is 3.02. The summed E-state index contributed by atoms with van der Waals surface area (Å²) >= 11 is 0. The summed E-state index contributed by atoms with van der Waals surface area (Å²) in [5.41, 5.74) is 3.83. The quantitative estimate of drug-likeness (QED) is 0.630. The molecule has 0 aliphatic heterocycles.